The average molecular weight is 407 g/mol. The van der Waals surface area contributed by atoms with E-state index in [1.807, 2.05) is 0 Å². The Morgan fingerprint density at radius 2 is 1.41 bits per heavy atom. The van der Waals surface area contributed by atoms with E-state index in [1.54, 1.807) is 0 Å². The highest BCUT2D eigenvalue weighted by molar-refractivity contribution is 5.69. The van der Waals surface area contributed by atoms with Gasteiger partial charge in [-0.25, -0.2) is 0 Å². The quantitative estimate of drug-likeness (QED) is 0.172. The molecule has 0 aromatic carbocycles. The van der Waals surface area contributed by atoms with Gasteiger partial charge in [0.1, 0.15) is 11.5 Å². The monoisotopic (exact) mass is 406 g/mol. The minimum Gasteiger partial charge on any atom is -0.466 e. The van der Waals surface area contributed by atoms with Gasteiger partial charge in [-0.1, -0.05) is 78.6 Å². The lowest BCUT2D eigenvalue weighted by Gasteiger charge is -2.14. The van der Waals surface area contributed by atoms with Gasteiger partial charge in [0, 0.05) is 19.3 Å². The molecule has 0 saturated carbocycles. The zero-order valence-corrected chi connectivity index (χ0v) is 19.5. The summed E-state index contributed by atoms with van der Waals surface area (Å²) in [5.74, 6) is 2.83. The molecule has 0 bridgehead atoms. The Morgan fingerprint density at radius 3 is 2.03 bits per heavy atom. The van der Waals surface area contributed by atoms with E-state index in [4.69, 9.17) is 9.15 Å². The van der Waals surface area contributed by atoms with Crippen molar-refractivity contribution in [3.63, 3.8) is 0 Å². The second-order valence-electron chi connectivity index (χ2n) is 8.55. The van der Waals surface area contributed by atoms with Gasteiger partial charge in [0.05, 0.1) is 6.61 Å². The molecular weight excluding hydrogens is 360 g/mol. The largest absolute Gasteiger partial charge is 0.466 e. The van der Waals surface area contributed by atoms with Crippen LogP contribution in [0.25, 0.3) is 0 Å². The van der Waals surface area contributed by atoms with Gasteiger partial charge in [-0.2, -0.15) is 0 Å². The van der Waals surface area contributed by atoms with Crippen LogP contribution in [-0.4, -0.2) is 12.6 Å². The van der Waals surface area contributed by atoms with Crippen molar-refractivity contribution in [2.24, 2.45) is 5.92 Å². The van der Waals surface area contributed by atoms with Crippen LogP contribution >= 0.6 is 0 Å². The van der Waals surface area contributed by atoms with Crippen molar-refractivity contribution < 1.29 is 13.9 Å². The zero-order valence-electron chi connectivity index (χ0n) is 19.5. The summed E-state index contributed by atoms with van der Waals surface area (Å²) < 4.78 is 11.4. The summed E-state index contributed by atoms with van der Waals surface area (Å²) in [6.07, 6.45) is 18.2. The van der Waals surface area contributed by atoms with E-state index in [-0.39, 0.29) is 5.97 Å². The summed E-state index contributed by atoms with van der Waals surface area (Å²) in [7, 11) is 0. The predicted octanol–water partition coefficient (Wildman–Crippen LogP) is 8.05. The van der Waals surface area contributed by atoms with Crippen molar-refractivity contribution in [2.45, 2.75) is 124 Å². The normalized spacial score (nSPS) is 12.2. The SMILES string of the molecule is CCCCCc1ccc(CCCCCCCCC(=O)OCC(CC)CCCC)o1. The maximum absolute atomic E-state index is 11.9. The van der Waals surface area contributed by atoms with Crippen LogP contribution in [-0.2, 0) is 22.4 Å². The highest BCUT2D eigenvalue weighted by Crippen LogP contribution is 2.16. The number of unbranched alkanes of at least 4 members (excludes halogenated alkanes) is 8. The molecule has 1 aromatic heterocycles. The second-order valence-corrected chi connectivity index (χ2v) is 8.55. The number of carbonyl (C=O) groups excluding carboxylic acids is 1. The molecule has 0 radical (unpaired) electrons. The smallest absolute Gasteiger partial charge is 0.305 e. The first-order valence-electron chi connectivity index (χ1n) is 12.4. The number of esters is 1. The van der Waals surface area contributed by atoms with Crippen LogP contribution in [0.4, 0.5) is 0 Å². The molecule has 29 heavy (non-hydrogen) atoms. The standard InChI is InChI=1S/C26H46O3/c1-4-7-13-17-24-20-21-25(29-24)18-14-11-9-10-12-15-19-26(27)28-22-23(6-3)16-8-5-2/h20-21,23H,4-19,22H2,1-3H3. The molecule has 3 nitrogen and oxygen atoms in total. The van der Waals surface area contributed by atoms with Crippen LogP contribution < -0.4 is 0 Å². The minimum atomic E-state index is -0.00694. The summed E-state index contributed by atoms with van der Waals surface area (Å²) in [6, 6.07) is 4.30. The summed E-state index contributed by atoms with van der Waals surface area (Å²) in [5.41, 5.74) is 0. The third-order valence-corrected chi connectivity index (χ3v) is 5.82. The molecule has 3 heteroatoms. The summed E-state index contributed by atoms with van der Waals surface area (Å²) >= 11 is 0. The highest BCUT2D eigenvalue weighted by Gasteiger charge is 2.09. The third kappa shape index (κ3) is 13.6. The van der Waals surface area contributed by atoms with Gasteiger partial charge in [-0.05, 0) is 43.7 Å². The van der Waals surface area contributed by atoms with Crippen molar-refractivity contribution in [1.29, 1.82) is 0 Å². The molecule has 0 amide bonds. The van der Waals surface area contributed by atoms with Gasteiger partial charge >= 0.3 is 5.97 Å². The van der Waals surface area contributed by atoms with Crippen LogP contribution in [0.1, 0.15) is 122 Å². The summed E-state index contributed by atoms with van der Waals surface area (Å²) in [5, 5.41) is 0. The van der Waals surface area contributed by atoms with Crippen LogP contribution in [0.2, 0.25) is 0 Å². The molecule has 0 fully saturated rings. The minimum absolute atomic E-state index is 0.00694. The lowest BCUT2D eigenvalue weighted by atomic mass is 10.0. The average Bonchev–Trinajstić information content (AvgIpc) is 3.18. The van der Waals surface area contributed by atoms with Crippen LogP contribution in [0, 0.1) is 5.92 Å². The maximum Gasteiger partial charge on any atom is 0.305 e. The first-order valence-corrected chi connectivity index (χ1v) is 12.4. The summed E-state index contributed by atoms with van der Waals surface area (Å²) in [4.78, 5) is 11.9. The third-order valence-electron chi connectivity index (χ3n) is 5.82. The molecular formula is C26H46O3. The Labute approximate surface area is 180 Å². The molecule has 0 aliphatic carbocycles. The topological polar surface area (TPSA) is 39.4 Å². The fraction of sp³-hybridized carbons (Fsp3) is 0.808. The molecule has 0 aliphatic rings. The Kier molecular flexibility index (Phi) is 15.6. The fourth-order valence-corrected chi connectivity index (χ4v) is 3.70. The number of hydrogen-bond donors (Lipinski definition) is 0. The number of rotatable bonds is 19. The number of hydrogen-bond acceptors (Lipinski definition) is 3. The van der Waals surface area contributed by atoms with E-state index in [1.165, 1.54) is 64.2 Å². The highest BCUT2D eigenvalue weighted by atomic mass is 16.5. The van der Waals surface area contributed by atoms with Gasteiger partial charge in [-0.3, -0.25) is 4.79 Å². The molecule has 168 valence electrons. The first-order chi connectivity index (χ1) is 14.2. The molecule has 1 rings (SSSR count). The van der Waals surface area contributed by atoms with E-state index in [0.717, 1.165) is 43.6 Å². The van der Waals surface area contributed by atoms with E-state index in [2.05, 4.69) is 32.9 Å². The predicted molar refractivity (Wildman–Crippen MR) is 122 cm³/mol. The van der Waals surface area contributed by atoms with Crippen molar-refractivity contribution in [1.82, 2.24) is 0 Å². The molecule has 1 unspecified atom stereocenters. The molecule has 0 saturated heterocycles. The summed E-state index contributed by atoms with van der Waals surface area (Å²) in [6.45, 7) is 7.24. The lowest BCUT2D eigenvalue weighted by Crippen LogP contribution is -2.13. The van der Waals surface area contributed by atoms with Crippen molar-refractivity contribution in [3.8, 4) is 0 Å². The van der Waals surface area contributed by atoms with Crippen molar-refractivity contribution in [3.05, 3.63) is 23.7 Å². The van der Waals surface area contributed by atoms with Gasteiger partial charge in [0.15, 0.2) is 0 Å². The number of ether oxygens (including phenoxy) is 1. The number of carbonyl (C=O) groups is 1. The molecule has 1 aromatic rings. The molecule has 0 spiro atoms. The van der Waals surface area contributed by atoms with Gasteiger partial charge < -0.3 is 9.15 Å². The van der Waals surface area contributed by atoms with Gasteiger partial charge in [0.2, 0.25) is 0 Å². The zero-order chi connectivity index (χ0) is 21.2. The molecule has 0 aliphatic heterocycles. The van der Waals surface area contributed by atoms with Gasteiger partial charge in [-0.15, -0.1) is 0 Å². The van der Waals surface area contributed by atoms with Crippen LogP contribution in [0.5, 0.6) is 0 Å². The number of furan rings is 1. The Hall–Kier alpha value is -1.25. The maximum atomic E-state index is 11.9. The van der Waals surface area contributed by atoms with E-state index >= 15 is 0 Å². The molecule has 0 N–H and O–H groups in total. The molecule has 1 atom stereocenters. The van der Waals surface area contributed by atoms with E-state index < -0.39 is 0 Å². The Bertz CT molecular complexity index is 506. The van der Waals surface area contributed by atoms with Gasteiger partial charge in [0.25, 0.3) is 0 Å². The van der Waals surface area contributed by atoms with Crippen LogP contribution in [0.15, 0.2) is 16.5 Å². The van der Waals surface area contributed by atoms with Crippen LogP contribution in [0.3, 0.4) is 0 Å². The van der Waals surface area contributed by atoms with E-state index in [0.29, 0.717) is 18.9 Å². The first kappa shape index (κ1) is 25.8. The van der Waals surface area contributed by atoms with Crippen molar-refractivity contribution in [2.75, 3.05) is 6.61 Å². The Morgan fingerprint density at radius 1 is 0.828 bits per heavy atom. The molecule has 1 heterocycles. The lowest BCUT2D eigenvalue weighted by molar-refractivity contribution is -0.145. The second kappa shape index (κ2) is 17.6. The van der Waals surface area contributed by atoms with E-state index in [9.17, 15) is 4.79 Å². The number of aryl methyl sites for hydroxylation is 2. The van der Waals surface area contributed by atoms with Crippen molar-refractivity contribution >= 4 is 5.97 Å². The fourth-order valence-electron chi connectivity index (χ4n) is 3.70. The Balaban J connectivity index is 1.95.